The van der Waals surface area contributed by atoms with Crippen LogP contribution in [0.2, 0.25) is 0 Å². The molecule has 96 valence electrons. The maximum absolute atomic E-state index is 11.5. The van der Waals surface area contributed by atoms with Gasteiger partial charge in [0.15, 0.2) is 5.76 Å². The van der Waals surface area contributed by atoms with Crippen molar-refractivity contribution >= 4 is 5.97 Å². The van der Waals surface area contributed by atoms with Gasteiger partial charge in [0.2, 0.25) is 12.4 Å². The molecule has 1 aromatic rings. The van der Waals surface area contributed by atoms with Gasteiger partial charge in [0.05, 0.1) is 0 Å². The molecule has 5 heteroatoms. The van der Waals surface area contributed by atoms with Crippen LogP contribution < -0.4 is 0 Å². The van der Waals surface area contributed by atoms with E-state index in [0.717, 1.165) is 5.56 Å². The monoisotopic (exact) mass is 250 g/mol. The van der Waals surface area contributed by atoms with Crippen molar-refractivity contribution in [2.24, 2.45) is 0 Å². The van der Waals surface area contributed by atoms with Gasteiger partial charge in [0.25, 0.3) is 0 Å². The van der Waals surface area contributed by atoms with Crippen molar-refractivity contribution in [3.63, 3.8) is 0 Å². The summed E-state index contributed by atoms with van der Waals surface area (Å²) in [5.74, 6) is -0.924. The molecular weight excluding hydrogens is 236 g/mol. The van der Waals surface area contributed by atoms with Crippen molar-refractivity contribution in [3.8, 4) is 0 Å². The molecular formula is C13H14O5. The number of hydrogen-bond acceptors (Lipinski definition) is 4. The van der Waals surface area contributed by atoms with Gasteiger partial charge >= 0.3 is 5.97 Å². The number of ether oxygens (including phenoxy) is 3. The highest BCUT2D eigenvalue weighted by Gasteiger charge is 2.46. The molecule has 1 unspecified atom stereocenters. The van der Waals surface area contributed by atoms with E-state index in [1.54, 1.807) is 0 Å². The fourth-order valence-electron chi connectivity index (χ4n) is 1.86. The first-order chi connectivity index (χ1) is 8.69. The summed E-state index contributed by atoms with van der Waals surface area (Å²) in [4.78, 5) is 11.5. The van der Waals surface area contributed by atoms with Crippen LogP contribution in [-0.2, 0) is 25.4 Å². The number of rotatable bonds is 5. The number of aliphatic carboxylic acids is 1. The largest absolute Gasteiger partial charge is 0.479 e. The second kappa shape index (κ2) is 5.10. The number of hydrogen-bond donors (Lipinski definition) is 1. The normalized spacial score (nSPS) is 17.3. The first-order valence-corrected chi connectivity index (χ1v) is 5.46. The van der Waals surface area contributed by atoms with Gasteiger partial charge in [-0.2, -0.15) is 0 Å². The molecule has 2 rings (SSSR count). The van der Waals surface area contributed by atoms with Gasteiger partial charge < -0.3 is 19.3 Å². The van der Waals surface area contributed by atoms with E-state index >= 15 is 0 Å². The number of carboxylic acids is 1. The molecule has 0 aromatic heterocycles. The predicted octanol–water partition coefficient (Wildman–Crippen LogP) is 1.54. The molecule has 0 aliphatic carbocycles. The summed E-state index contributed by atoms with van der Waals surface area (Å²) in [6.45, 7) is 0.0164. The minimum atomic E-state index is -1.54. The number of carboxylic acid groups (broad SMARTS) is 1. The lowest BCUT2D eigenvalue weighted by molar-refractivity contribution is -0.161. The molecule has 1 aliphatic heterocycles. The number of benzene rings is 1. The third-order valence-electron chi connectivity index (χ3n) is 2.86. The highest BCUT2D eigenvalue weighted by atomic mass is 16.7. The Kier molecular flexibility index (Phi) is 3.53. The summed E-state index contributed by atoms with van der Waals surface area (Å²) in [6, 6.07) is 9.24. The molecule has 0 saturated heterocycles. The van der Waals surface area contributed by atoms with Crippen LogP contribution in [0.1, 0.15) is 5.56 Å². The lowest BCUT2D eigenvalue weighted by Gasteiger charge is -2.27. The van der Waals surface area contributed by atoms with E-state index in [-0.39, 0.29) is 19.0 Å². The highest BCUT2D eigenvalue weighted by Crippen LogP contribution is 2.30. The first kappa shape index (κ1) is 12.4. The summed E-state index contributed by atoms with van der Waals surface area (Å²) in [7, 11) is 1.35. The quantitative estimate of drug-likeness (QED) is 0.858. The van der Waals surface area contributed by atoms with Crippen LogP contribution in [0.3, 0.4) is 0 Å². The van der Waals surface area contributed by atoms with Crippen LogP contribution in [0.15, 0.2) is 42.4 Å². The third-order valence-corrected chi connectivity index (χ3v) is 2.86. The van der Waals surface area contributed by atoms with Gasteiger partial charge in [0, 0.05) is 13.5 Å². The molecule has 0 bridgehead atoms. The van der Waals surface area contributed by atoms with Crippen molar-refractivity contribution in [1.82, 2.24) is 0 Å². The molecule has 5 nitrogen and oxygen atoms in total. The maximum Gasteiger partial charge on any atom is 0.344 e. The maximum atomic E-state index is 11.5. The van der Waals surface area contributed by atoms with Crippen LogP contribution in [0, 0.1) is 0 Å². The van der Waals surface area contributed by atoms with Crippen molar-refractivity contribution in [3.05, 3.63) is 47.9 Å². The fourth-order valence-corrected chi connectivity index (χ4v) is 1.86. The smallest absolute Gasteiger partial charge is 0.344 e. The zero-order valence-corrected chi connectivity index (χ0v) is 9.96. The summed E-state index contributed by atoms with van der Waals surface area (Å²) in [6.07, 6.45) is 1.47. The minimum absolute atomic E-state index is 0.0164. The zero-order chi connectivity index (χ0) is 13.0. The second-order valence-electron chi connectivity index (χ2n) is 3.91. The van der Waals surface area contributed by atoms with Gasteiger partial charge in [-0.05, 0) is 5.56 Å². The zero-order valence-electron chi connectivity index (χ0n) is 9.96. The first-order valence-electron chi connectivity index (χ1n) is 5.46. The predicted molar refractivity (Wildman–Crippen MR) is 62.6 cm³/mol. The Hall–Kier alpha value is -2.01. The Morgan fingerprint density at radius 2 is 2.17 bits per heavy atom. The van der Waals surface area contributed by atoms with Crippen molar-refractivity contribution in [1.29, 1.82) is 0 Å². The van der Waals surface area contributed by atoms with Crippen molar-refractivity contribution in [2.75, 3.05) is 13.9 Å². The number of carbonyl (C=O) groups is 1. The van der Waals surface area contributed by atoms with E-state index in [4.69, 9.17) is 14.2 Å². The van der Waals surface area contributed by atoms with Crippen LogP contribution in [0.4, 0.5) is 0 Å². The lowest BCUT2D eigenvalue weighted by Crippen LogP contribution is -2.45. The fraction of sp³-hybridized carbons (Fsp3) is 0.308. The SMILES string of the molecule is COC(Cc1ccccc1)(C(=O)O)C1=COCO1. The summed E-state index contributed by atoms with van der Waals surface area (Å²) in [5, 5.41) is 9.44. The molecule has 18 heavy (non-hydrogen) atoms. The molecule has 1 N–H and O–H groups in total. The summed E-state index contributed by atoms with van der Waals surface area (Å²) in [5.41, 5.74) is -0.698. The Bertz CT molecular complexity index is 454. The Labute approximate surface area is 105 Å². The molecule has 0 spiro atoms. The summed E-state index contributed by atoms with van der Waals surface area (Å²) >= 11 is 0. The molecule has 0 radical (unpaired) electrons. The van der Waals surface area contributed by atoms with Gasteiger partial charge in [-0.15, -0.1) is 0 Å². The van der Waals surface area contributed by atoms with Gasteiger partial charge in [-0.3, -0.25) is 0 Å². The van der Waals surface area contributed by atoms with Crippen LogP contribution in [0.25, 0.3) is 0 Å². The topological polar surface area (TPSA) is 65.0 Å². The minimum Gasteiger partial charge on any atom is -0.479 e. The third kappa shape index (κ3) is 2.17. The van der Waals surface area contributed by atoms with Crippen molar-refractivity contribution < 1.29 is 24.1 Å². The average Bonchev–Trinajstić information content (AvgIpc) is 2.91. The average molecular weight is 250 g/mol. The molecule has 1 atom stereocenters. The van der Waals surface area contributed by atoms with E-state index in [1.807, 2.05) is 30.3 Å². The van der Waals surface area contributed by atoms with E-state index in [1.165, 1.54) is 13.4 Å². The Balaban J connectivity index is 2.33. The van der Waals surface area contributed by atoms with Gasteiger partial charge in [0.1, 0.15) is 6.26 Å². The van der Waals surface area contributed by atoms with Crippen LogP contribution in [-0.4, -0.2) is 30.6 Å². The van der Waals surface area contributed by atoms with E-state index < -0.39 is 11.6 Å². The van der Waals surface area contributed by atoms with Gasteiger partial charge in [-0.25, -0.2) is 4.79 Å². The molecule has 1 aromatic carbocycles. The second-order valence-corrected chi connectivity index (χ2v) is 3.91. The van der Waals surface area contributed by atoms with Crippen molar-refractivity contribution in [2.45, 2.75) is 12.0 Å². The van der Waals surface area contributed by atoms with E-state index in [2.05, 4.69) is 0 Å². The van der Waals surface area contributed by atoms with Crippen LogP contribution in [0.5, 0.6) is 0 Å². The molecule has 1 aliphatic rings. The Morgan fingerprint density at radius 3 is 2.67 bits per heavy atom. The molecule has 1 heterocycles. The molecule has 0 amide bonds. The van der Waals surface area contributed by atoms with Gasteiger partial charge in [-0.1, -0.05) is 30.3 Å². The number of methoxy groups -OCH3 is 1. The highest BCUT2D eigenvalue weighted by molar-refractivity contribution is 5.81. The van der Waals surface area contributed by atoms with Crippen LogP contribution >= 0.6 is 0 Å². The molecule has 0 saturated carbocycles. The molecule has 0 fully saturated rings. The lowest BCUT2D eigenvalue weighted by atomic mass is 9.92. The van der Waals surface area contributed by atoms with E-state index in [0.29, 0.717) is 0 Å². The summed E-state index contributed by atoms with van der Waals surface area (Å²) < 4.78 is 15.3. The van der Waals surface area contributed by atoms with E-state index in [9.17, 15) is 9.90 Å². The Morgan fingerprint density at radius 1 is 1.44 bits per heavy atom. The standard InChI is InChI=1S/C13H14O5/c1-16-13(12(14)15,11-8-17-9-18-11)7-10-5-3-2-4-6-10/h2-6,8H,7,9H2,1H3,(H,14,15).